The lowest BCUT2D eigenvalue weighted by Crippen LogP contribution is -2.27. The summed E-state index contributed by atoms with van der Waals surface area (Å²) in [6.45, 7) is 0.197. The molecule has 3 aromatic carbocycles. The maximum Gasteiger partial charge on any atom is 0.231 e. The first kappa shape index (κ1) is 21.1. The number of nitrogens with one attached hydrogen (secondary N) is 2. The monoisotopic (exact) mass is 518 g/mol. The lowest BCUT2D eigenvalue weighted by Gasteiger charge is -2.30. The molecule has 0 unspecified atom stereocenters. The Kier molecular flexibility index (Phi) is 5.21. The second-order valence-electron chi connectivity index (χ2n) is 8.67. The topological polar surface area (TPSA) is 68.8 Å². The predicted molar refractivity (Wildman–Crippen MR) is 134 cm³/mol. The Labute approximate surface area is 206 Å². The molecule has 0 radical (unpaired) electrons. The second-order valence-corrected chi connectivity index (χ2v) is 9.53. The molecule has 6 nitrogen and oxygen atoms in total. The van der Waals surface area contributed by atoms with Crippen LogP contribution in [0.15, 0.2) is 76.4 Å². The molecule has 2 heterocycles. The number of anilines is 2. The van der Waals surface area contributed by atoms with Gasteiger partial charge >= 0.3 is 0 Å². The third-order valence-electron chi connectivity index (χ3n) is 6.68. The van der Waals surface area contributed by atoms with E-state index in [4.69, 9.17) is 14.2 Å². The Morgan fingerprint density at radius 3 is 2.59 bits per heavy atom. The maximum absolute atomic E-state index is 13.8. The summed E-state index contributed by atoms with van der Waals surface area (Å²) in [5.41, 5.74) is 5.63. The quantitative estimate of drug-likeness (QED) is 0.432. The van der Waals surface area contributed by atoms with E-state index in [0.717, 1.165) is 50.4 Å². The third kappa shape index (κ3) is 3.60. The molecule has 1 aliphatic carbocycles. The average Bonchev–Trinajstić information content (AvgIpc) is 3.23. The van der Waals surface area contributed by atoms with Crippen molar-refractivity contribution in [2.75, 3.05) is 24.5 Å². The number of Topliss-reactive ketones (excluding diaryl/α,β-unsaturated/α-hetero) is 1. The van der Waals surface area contributed by atoms with E-state index >= 15 is 0 Å². The van der Waals surface area contributed by atoms with Gasteiger partial charge in [-0.15, -0.1) is 0 Å². The molecule has 2 N–H and O–H groups in total. The predicted octanol–water partition coefficient (Wildman–Crippen LogP) is 6.17. The fraction of sp³-hybridized carbons (Fsp3) is 0.222. The Bertz CT molecular complexity index is 1340. The molecule has 3 aliphatic rings. The lowest BCUT2D eigenvalue weighted by molar-refractivity contribution is -0.116. The summed E-state index contributed by atoms with van der Waals surface area (Å²) in [4.78, 5) is 13.8. The Hall–Kier alpha value is -3.45. The number of carbonyl (C=O) groups excluding carboxylic acids is 1. The minimum atomic E-state index is -0.339. The van der Waals surface area contributed by atoms with Crippen LogP contribution in [-0.2, 0) is 4.79 Å². The van der Waals surface area contributed by atoms with Crippen molar-refractivity contribution < 1.29 is 19.0 Å². The third-order valence-corrected chi connectivity index (χ3v) is 7.36. The summed E-state index contributed by atoms with van der Waals surface area (Å²) in [5.74, 6) is 2.37. The molecule has 0 aromatic heterocycles. The first-order valence-corrected chi connectivity index (χ1v) is 12.0. The molecule has 172 valence electrons. The van der Waals surface area contributed by atoms with Gasteiger partial charge in [0.15, 0.2) is 17.3 Å². The molecular formula is C27H23BrN2O4. The summed E-state index contributed by atoms with van der Waals surface area (Å²) in [7, 11) is 1.66. The number of rotatable bonds is 3. The van der Waals surface area contributed by atoms with Crippen molar-refractivity contribution in [3.8, 4) is 17.2 Å². The highest BCUT2D eigenvalue weighted by Gasteiger charge is 2.37. The molecule has 0 saturated carbocycles. The van der Waals surface area contributed by atoms with Gasteiger partial charge in [-0.2, -0.15) is 0 Å². The standard InChI is InChI=1S/C27H23BrN2O4/c1-32-17-6-4-5-15(9-17)16-10-22-26(23(31)11-16)27(30-21-8-3-2-7-20(21)29-22)18-12-24-25(13-19(18)28)34-14-33-24/h2-9,12-13,16,27,29-30H,10-11,14H2,1H3/t16-,27+/m0/s1. The molecule has 0 saturated heterocycles. The summed E-state index contributed by atoms with van der Waals surface area (Å²) < 4.78 is 17.5. The van der Waals surface area contributed by atoms with Crippen LogP contribution in [0, 0.1) is 0 Å². The molecule has 3 aromatic rings. The van der Waals surface area contributed by atoms with E-state index in [1.807, 2.05) is 54.6 Å². The van der Waals surface area contributed by atoms with E-state index in [1.165, 1.54) is 0 Å². The average molecular weight is 519 g/mol. The van der Waals surface area contributed by atoms with Crippen molar-refractivity contribution in [3.05, 3.63) is 87.5 Å². The van der Waals surface area contributed by atoms with Gasteiger partial charge in [-0.25, -0.2) is 0 Å². The summed E-state index contributed by atoms with van der Waals surface area (Å²) in [6.07, 6.45) is 1.16. The summed E-state index contributed by atoms with van der Waals surface area (Å²) >= 11 is 3.71. The zero-order chi connectivity index (χ0) is 23.2. The Balaban J connectivity index is 1.47. The smallest absolute Gasteiger partial charge is 0.231 e. The second kappa shape index (κ2) is 8.40. The van der Waals surface area contributed by atoms with Gasteiger partial charge in [-0.1, -0.05) is 40.2 Å². The van der Waals surface area contributed by atoms with Gasteiger partial charge in [0.2, 0.25) is 6.79 Å². The van der Waals surface area contributed by atoms with E-state index in [1.54, 1.807) is 7.11 Å². The van der Waals surface area contributed by atoms with Gasteiger partial charge in [0.05, 0.1) is 24.5 Å². The number of carbonyl (C=O) groups is 1. The SMILES string of the molecule is COc1cccc([C@@H]2CC(=O)C3=C(C2)Nc2ccccc2N[C@@H]3c2cc3c(cc2Br)OCO3)c1. The normalized spacial score (nSPS) is 20.6. The minimum Gasteiger partial charge on any atom is -0.497 e. The van der Waals surface area contributed by atoms with Gasteiger partial charge in [-0.3, -0.25) is 4.79 Å². The number of ketones is 1. The van der Waals surface area contributed by atoms with Crippen molar-refractivity contribution in [3.63, 3.8) is 0 Å². The summed E-state index contributed by atoms with van der Waals surface area (Å²) in [5, 5.41) is 7.21. The van der Waals surface area contributed by atoms with Crippen LogP contribution in [-0.4, -0.2) is 19.7 Å². The molecule has 0 bridgehead atoms. The van der Waals surface area contributed by atoms with Gasteiger partial charge in [0, 0.05) is 22.2 Å². The van der Waals surface area contributed by atoms with Crippen LogP contribution in [0.5, 0.6) is 17.2 Å². The maximum atomic E-state index is 13.8. The molecule has 6 rings (SSSR count). The zero-order valence-electron chi connectivity index (χ0n) is 18.6. The number of halogens is 1. The van der Waals surface area contributed by atoms with Gasteiger partial charge in [-0.05, 0) is 59.9 Å². The Morgan fingerprint density at radius 1 is 0.971 bits per heavy atom. The van der Waals surface area contributed by atoms with E-state index in [9.17, 15) is 4.79 Å². The highest BCUT2D eigenvalue weighted by Crippen LogP contribution is 2.48. The number of fused-ring (bicyclic) bond motifs is 2. The van der Waals surface area contributed by atoms with Crippen molar-refractivity contribution >= 4 is 33.1 Å². The molecular weight excluding hydrogens is 496 g/mol. The fourth-order valence-electron chi connectivity index (χ4n) is 5.01. The highest BCUT2D eigenvalue weighted by molar-refractivity contribution is 9.10. The Morgan fingerprint density at radius 2 is 1.76 bits per heavy atom. The minimum absolute atomic E-state index is 0.0694. The molecule has 2 aliphatic heterocycles. The number of hydrogen-bond acceptors (Lipinski definition) is 6. The van der Waals surface area contributed by atoms with Crippen LogP contribution in [0.4, 0.5) is 11.4 Å². The van der Waals surface area contributed by atoms with Gasteiger partial charge in [0.25, 0.3) is 0 Å². The molecule has 7 heteroatoms. The van der Waals surface area contributed by atoms with E-state index in [-0.39, 0.29) is 24.5 Å². The van der Waals surface area contributed by atoms with Crippen LogP contribution in [0.2, 0.25) is 0 Å². The fourth-order valence-corrected chi connectivity index (χ4v) is 5.56. The van der Waals surface area contributed by atoms with Crippen LogP contribution in [0.1, 0.15) is 35.9 Å². The molecule has 0 fully saturated rings. The molecule has 2 atom stereocenters. The van der Waals surface area contributed by atoms with Crippen LogP contribution in [0.3, 0.4) is 0 Å². The zero-order valence-corrected chi connectivity index (χ0v) is 20.1. The van der Waals surface area contributed by atoms with E-state index < -0.39 is 0 Å². The number of benzene rings is 3. The number of allylic oxidation sites excluding steroid dienone is 1. The van der Waals surface area contributed by atoms with Crippen LogP contribution >= 0.6 is 15.9 Å². The first-order chi connectivity index (χ1) is 16.6. The van der Waals surface area contributed by atoms with Crippen molar-refractivity contribution in [1.82, 2.24) is 0 Å². The summed E-state index contributed by atoms with van der Waals surface area (Å²) in [6, 6.07) is 19.6. The van der Waals surface area contributed by atoms with Crippen LogP contribution < -0.4 is 24.8 Å². The van der Waals surface area contributed by atoms with E-state index in [0.29, 0.717) is 17.9 Å². The van der Waals surface area contributed by atoms with Crippen molar-refractivity contribution in [2.24, 2.45) is 0 Å². The number of hydrogen-bond donors (Lipinski definition) is 2. The largest absolute Gasteiger partial charge is 0.497 e. The van der Waals surface area contributed by atoms with Crippen LogP contribution in [0.25, 0.3) is 0 Å². The first-order valence-electron chi connectivity index (χ1n) is 11.2. The molecule has 0 amide bonds. The molecule has 34 heavy (non-hydrogen) atoms. The van der Waals surface area contributed by atoms with Crippen molar-refractivity contribution in [2.45, 2.75) is 24.8 Å². The number of methoxy groups -OCH3 is 1. The lowest BCUT2D eigenvalue weighted by atomic mass is 9.78. The number of ether oxygens (including phenoxy) is 3. The number of para-hydroxylation sites is 2. The van der Waals surface area contributed by atoms with Crippen molar-refractivity contribution in [1.29, 1.82) is 0 Å². The van der Waals surface area contributed by atoms with Gasteiger partial charge in [0.1, 0.15) is 5.75 Å². The highest BCUT2D eigenvalue weighted by atomic mass is 79.9. The van der Waals surface area contributed by atoms with Gasteiger partial charge < -0.3 is 24.8 Å². The van der Waals surface area contributed by atoms with E-state index in [2.05, 4.69) is 32.6 Å². The molecule has 0 spiro atoms.